The van der Waals surface area contributed by atoms with Crippen LogP contribution in [0.2, 0.25) is 0 Å². The number of primary amides is 1. The van der Waals surface area contributed by atoms with Crippen LogP contribution < -0.4 is 26.2 Å². The van der Waals surface area contributed by atoms with Crippen LogP contribution in [-0.2, 0) is 22.7 Å². The molecule has 2 amide bonds. The lowest BCUT2D eigenvalue weighted by Crippen LogP contribution is -2.48. The number of nitrogens with zero attached hydrogens (tertiary/aromatic N) is 3. The lowest BCUT2D eigenvalue weighted by molar-refractivity contribution is -0.127. The molecule has 9 heteroatoms. The van der Waals surface area contributed by atoms with E-state index in [1.54, 1.807) is 37.4 Å². The minimum atomic E-state index is -0.721. The van der Waals surface area contributed by atoms with Gasteiger partial charge >= 0.3 is 0 Å². The minimum absolute atomic E-state index is 0.196. The number of hydrogen-bond donors (Lipinski definition) is 2. The number of ether oxygens (including phenoxy) is 1. The van der Waals surface area contributed by atoms with E-state index in [4.69, 9.17) is 10.5 Å². The predicted molar refractivity (Wildman–Crippen MR) is 111 cm³/mol. The molecule has 2 heterocycles. The molecule has 1 aromatic heterocycles. The maximum absolute atomic E-state index is 13.0. The lowest BCUT2D eigenvalue weighted by atomic mass is 10.1. The normalized spacial score (nSPS) is 15.4. The number of anilines is 1. The largest absolute Gasteiger partial charge is 0.477 e. The van der Waals surface area contributed by atoms with Crippen LogP contribution in [0.15, 0.2) is 53.3 Å². The zero-order valence-corrected chi connectivity index (χ0v) is 16.4. The Morgan fingerprint density at radius 2 is 1.93 bits per heavy atom. The molecule has 2 aromatic carbocycles. The van der Waals surface area contributed by atoms with Crippen LogP contribution in [0.1, 0.15) is 5.82 Å². The second-order valence-electron chi connectivity index (χ2n) is 6.97. The Balaban J connectivity index is 1.80. The number of nitrogens with one attached hydrogen (secondary N) is 1. The summed E-state index contributed by atoms with van der Waals surface area (Å²) in [7, 11) is 1.55. The number of fused-ring (bicyclic) bond motifs is 2. The van der Waals surface area contributed by atoms with Crippen LogP contribution in [0.5, 0.6) is 5.75 Å². The second kappa shape index (κ2) is 7.86. The monoisotopic (exact) mass is 407 g/mol. The summed E-state index contributed by atoms with van der Waals surface area (Å²) < 4.78 is 7.11. The molecule has 1 atom stereocenters. The molecule has 0 unspecified atom stereocenters. The Hall–Kier alpha value is -3.88. The number of rotatable bonds is 5. The quantitative estimate of drug-likeness (QED) is 0.632. The molecule has 3 N–H and O–H groups in total. The van der Waals surface area contributed by atoms with Crippen molar-refractivity contribution in [1.82, 2.24) is 14.9 Å². The summed E-state index contributed by atoms with van der Waals surface area (Å²) in [6.45, 7) is 0.175. The summed E-state index contributed by atoms with van der Waals surface area (Å²) in [6, 6.07) is 14.3. The molecule has 0 fully saturated rings. The molecule has 1 aliphatic heterocycles. The number of carbonyl (C=O) groups excluding carboxylic acids is 2. The number of hydrogen-bond acceptors (Lipinski definition) is 6. The first-order valence-corrected chi connectivity index (χ1v) is 9.47. The van der Waals surface area contributed by atoms with Crippen LogP contribution in [0, 0.1) is 0 Å². The molecule has 154 valence electrons. The van der Waals surface area contributed by atoms with Crippen molar-refractivity contribution < 1.29 is 14.3 Å². The van der Waals surface area contributed by atoms with E-state index in [-0.39, 0.29) is 31.1 Å². The third-order valence-electron chi connectivity index (χ3n) is 4.99. The summed E-state index contributed by atoms with van der Waals surface area (Å²) in [4.78, 5) is 43.4. The Kier molecular flexibility index (Phi) is 5.09. The molecule has 0 saturated heterocycles. The first kappa shape index (κ1) is 19.4. The van der Waals surface area contributed by atoms with Crippen LogP contribution >= 0.6 is 0 Å². The fourth-order valence-electron chi connectivity index (χ4n) is 3.58. The molecular weight excluding hydrogens is 386 g/mol. The van der Waals surface area contributed by atoms with Crippen LogP contribution in [0.3, 0.4) is 0 Å². The Labute approximate surface area is 172 Å². The van der Waals surface area contributed by atoms with Gasteiger partial charge in [0.2, 0.25) is 5.91 Å². The molecule has 0 saturated carbocycles. The van der Waals surface area contributed by atoms with E-state index >= 15 is 0 Å². The summed E-state index contributed by atoms with van der Waals surface area (Å²) in [5.74, 6) is 0.0448. The summed E-state index contributed by atoms with van der Waals surface area (Å²) in [6.07, 6.45) is -0.721. The van der Waals surface area contributed by atoms with Gasteiger partial charge in [-0.05, 0) is 24.3 Å². The van der Waals surface area contributed by atoms with E-state index in [0.29, 0.717) is 22.5 Å². The van der Waals surface area contributed by atoms with Crippen molar-refractivity contribution in [3.63, 3.8) is 0 Å². The van der Waals surface area contributed by atoms with Gasteiger partial charge in [-0.15, -0.1) is 0 Å². The molecule has 0 spiro atoms. The Bertz CT molecular complexity index is 1190. The van der Waals surface area contributed by atoms with E-state index in [0.717, 1.165) is 5.69 Å². The number of amides is 2. The SMILES string of the molecule is CNC(=O)[C@@H]1CN(Cc2nc3ccccc3c(=O)n2CC(N)=O)c2ccccc2O1. The van der Waals surface area contributed by atoms with Crippen LogP contribution in [0.25, 0.3) is 10.9 Å². The number of benzene rings is 2. The van der Waals surface area contributed by atoms with Gasteiger partial charge in [-0.2, -0.15) is 0 Å². The van der Waals surface area contributed by atoms with E-state index in [2.05, 4.69) is 10.3 Å². The standard InChI is InChI=1S/C21H21N5O4/c1-23-20(28)17-10-25(15-8-4-5-9-16(15)30-17)12-19-24-14-7-3-2-6-13(14)21(29)26(19)11-18(22)27/h2-9,17H,10-12H2,1H3,(H2,22,27)(H,23,28)/t17-/m0/s1. The molecule has 1 aliphatic rings. The number of para-hydroxylation sites is 3. The van der Waals surface area contributed by atoms with Crippen molar-refractivity contribution in [2.75, 3.05) is 18.5 Å². The maximum atomic E-state index is 13.0. The van der Waals surface area contributed by atoms with Crippen molar-refractivity contribution in [2.45, 2.75) is 19.2 Å². The maximum Gasteiger partial charge on any atom is 0.262 e. The van der Waals surface area contributed by atoms with Crippen molar-refractivity contribution in [3.8, 4) is 5.75 Å². The van der Waals surface area contributed by atoms with Crippen LogP contribution in [-0.4, -0.2) is 41.1 Å². The topological polar surface area (TPSA) is 120 Å². The minimum Gasteiger partial charge on any atom is -0.477 e. The fourth-order valence-corrected chi connectivity index (χ4v) is 3.58. The zero-order chi connectivity index (χ0) is 21.3. The van der Waals surface area contributed by atoms with E-state index in [9.17, 15) is 14.4 Å². The Morgan fingerprint density at radius 1 is 1.20 bits per heavy atom. The molecule has 0 bridgehead atoms. The second-order valence-corrected chi connectivity index (χ2v) is 6.97. The molecule has 4 rings (SSSR count). The van der Waals surface area contributed by atoms with Gasteiger partial charge in [-0.3, -0.25) is 19.0 Å². The number of carbonyl (C=O) groups is 2. The van der Waals surface area contributed by atoms with Gasteiger partial charge in [0, 0.05) is 7.05 Å². The molecular formula is C21H21N5O4. The summed E-state index contributed by atoms with van der Waals surface area (Å²) in [5, 5.41) is 3.01. The van der Waals surface area contributed by atoms with Gasteiger partial charge in [0.1, 0.15) is 18.1 Å². The molecule has 9 nitrogen and oxygen atoms in total. The first-order chi connectivity index (χ1) is 14.5. The van der Waals surface area contributed by atoms with Gasteiger partial charge in [0.15, 0.2) is 6.10 Å². The highest BCUT2D eigenvalue weighted by Crippen LogP contribution is 2.34. The summed E-state index contributed by atoms with van der Waals surface area (Å²) >= 11 is 0. The molecule has 3 aromatic rings. The van der Waals surface area contributed by atoms with Crippen molar-refractivity contribution >= 4 is 28.4 Å². The average Bonchev–Trinajstić information content (AvgIpc) is 2.75. The van der Waals surface area contributed by atoms with E-state index < -0.39 is 12.0 Å². The first-order valence-electron chi connectivity index (χ1n) is 9.47. The highest BCUT2D eigenvalue weighted by molar-refractivity contribution is 5.83. The highest BCUT2D eigenvalue weighted by Gasteiger charge is 2.31. The average molecular weight is 407 g/mol. The van der Waals surface area contributed by atoms with Gasteiger partial charge in [0.25, 0.3) is 11.5 Å². The highest BCUT2D eigenvalue weighted by atomic mass is 16.5. The number of likely N-dealkylation sites (N-methyl/N-ethyl adjacent to an activating group) is 1. The fraction of sp³-hybridized carbons (Fsp3) is 0.238. The van der Waals surface area contributed by atoms with Gasteiger partial charge in [-0.1, -0.05) is 24.3 Å². The smallest absolute Gasteiger partial charge is 0.262 e. The molecule has 0 radical (unpaired) electrons. The van der Waals surface area contributed by atoms with Gasteiger partial charge in [-0.25, -0.2) is 4.98 Å². The van der Waals surface area contributed by atoms with Crippen molar-refractivity contribution in [1.29, 1.82) is 0 Å². The molecule has 30 heavy (non-hydrogen) atoms. The van der Waals surface area contributed by atoms with E-state index in [1.807, 2.05) is 23.1 Å². The van der Waals surface area contributed by atoms with Gasteiger partial charge < -0.3 is 20.7 Å². The van der Waals surface area contributed by atoms with Gasteiger partial charge in [0.05, 0.1) is 29.7 Å². The zero-order valence-electron chi connectivity index (χ0n) is 16.4. The lowest BCUT2D eigenvalue weighted by Gasteiger charge is -2.35. The van der Waals surface area contributed by atoms with Crippen molar-refractivity contribution in [2.24, 2.45) is 5.73 Å². The number of aromatic nitrogens is 2. The molecule has 0 aliphatic carbocycles. The third-order valence-corrected chi connectivity index (χ3v) is 4.99. The van der Waals surface area contributed by atoms with E-state index in [1.165, 1.54) is 4.57 Å². The predicted octanol–water partition coefficient (Wildman–Crippen LogP) is 0.395. The summed E-state index contributed by atoms with van der Waals surface area (Å²) in [5.41, 5.74) is 6.35. The third kappa shape index (κ3) is 3.57. The Morgan fingerprint density at radius 3 is 2.70 bits per heavy atom. The van der Waals surface area contributed by atoms with Crippen molar-refractivity contribution in [3.05, 3.63) is 64.7 Å². The van der Waals surface area contributed by atoms with Crippen LogP contribution in [0.4, 0.5) is 5.69 Å². The number of nitrogens with two attached hydrogens (primary N) is 1.